The molecule has 0 saturated carbocycles. The van der Waals surface area contributed by atoms with Crippen molar-refractivity contribution in [2.45, 2.75) is 6.92 Å². The van der Waals surface area contributed by atoms with Crippen molar-refractivity contribution in [2.24, 2.45) is 10.2 Å². The van der Waals surface area contributed by atoms with Crippen molar-refractivity contribution in [2.75, 3.05) is 13.7 Å². The van der Waals surface area contributed by atoms with Crippen molar-refractivity contribution < 1.29 is 24.3 Å². The third kappa shape index (κ3) is 4.44. The second-order valence-corrected chi connectivity index (χ2v) is 7.84. The first-order valence-electron chi connectivity index (χ1n) is 8.31. The number of halogens is 2. The summed E-state index contributed by atoms with van der Waals surface area (Å²) in [6.07, 6.45) is 0. The van der Waals surface area contributed by atoms with E-state index in [-0.39, 0.29) is 22.6 Å². The van der Waals surface area contributed by atoms with Crippen molar-refractivity contribution in [3.8, 4) is 17.4 Å². The molecule has 0 aliphatic heterocycles. The lowest BCUT2D eigenvalue weighted by molar-refractivity contribution is -0.384. The lowest BCUT2D eigenvalue weighted by Gasteiger charge is -2.11. The topological polar surface area (TPSA) is 139 Å². The summed E-state index contributed by atoms with van der Waals surface area (Å²) in [5.74, 6) is -0.380. The number of ether oxygens (including phenoxy) is 2. The summed E-state index contributed by atoms with van der Waals surface area (Å²) >= 11 is 6.65. The number of nitrogens with zero attached hydrogens (tertiary/aromatic N) is 3. The first kappa shape index (κ1) is 21.7. The molecule has 12 heteroatoms. The van der Waals surface area contributed by atoms with E-state index in [1.54, 1.807) is 19.1 Å². The second-order valence-electron chi connectivity index (χ2n) is 6.07. The molecule has 10 nitrogen and oxygen atoms in total. The van der Waals surface area contributed by atoms with Crippen LogP contribution in [0, 0.1) is 17.0 Å². The Kier molecular flexibility index (Phi) is 6.37. The molecule has 30 heavy (non-hydrogen) atoms. The number of hydrogen-bond donors (Lipinski definition) is 2. The van der Waals surface area contributed by atoms with Gasteiger partial charge in [0.2, 0.25) is 5.88 Å². The van der Waals surface area contributed by atoms with Gasteiger partial charge in [-0.3, -0.25) is 14.9 Å². The Morgan fingerprint density at radius 2 is 2.03 bits per heavy atom. The standard InChI is InChI=1S/C18H14Br2N4O6/c1-8-3-10(24(27)28)6-11-15(8)21-18(26)16(11)23-22-14(25)7-30-17-12(20)4-9(19)5-13(17)29-2/h3-6,21,26H,7H2,1-2H3. The summed E-state index contributed by atoms with van der Waals surface area (Å²) < 4.78 is 12.0. The Morgan fingerprint density at radius 1 is 1.30 bits per heavy atom. The van der Waals surface area contributed by atoms with E-state index < -0.39 is 17.4 Å². The number of aromatic hydroxyl groups is 1. The minimum atomic E-state index is -0.734. The van der Waals surface area contributed by atoms with E-state index in [0.29, 0.717) is 27.1 Å². The van der Waals surface area contributed by atoms with E-state index in [9.17, 15) is 20.0 Å². The summed E-state index contributed by atoms with van der Waals surface area (Å²) in [6.45, 7) is 1.21. The molecule has 3 aromatic rings. The van der Waals surface area contributed by atoms with Crippen LogP contribution in [0.3, 0.4) is 0 Å². The van der Waals surface area contributed by atoms with Crippen molar-refractivity contribution >= 4 is 60.0 Å². The normalized spacial score (nSPS) is 11.2. The Morgan fingerprint density at radius 3 is 2.70 bits per heavy atom. The van der Waals surface area contributed by atoms with Gasteiger partial charge < -0.3 is 19.6 Å². The number of H-pyrrole nitrogens is 1. The second kappa shape index (κ2) is 8.79. The highest BCUT2D eigenvalue weighted by Crippen LogP contribution is 2.40. The maximum Gasteiger partial charge on any atom is 0.302 e. The van der Waals surface area contributed by atoms with Gasteiger partial charge in [0.25, 0.3) is 5.69 Å². The SMILES string of the molecule is COc1cc(Br)cc(Br)c1OCC(=O)N=Nc1c(O)[nH]c2c(C)cc([N+](=O)[O-])cc12. The van der Waals surface area contributed by atoms with Gasteiger partial charge in [0, 0.05) is 22.0 Å². The molecule has 2 aromatic carbocycles. The predicted octanol–water partition coefficient (Wildman–Crippen LogP) is 5.31. The van der Waals surface area contributed by atoms with Crippen molar-refractivity contribution in [1.29, 1.82) is 0 Å². The monoisotopic (exact) mass is 540 g/mol. The van der Waals surface area contributed by atoms with Crippen molar-refractivity contribution in [3.05, 3.63) is 48.9 Å². The number of fused-ring (bicyclic) bond motifs is 1. The van der Waals surface area contributed by atoms with Crippen molar-refractivity contribution in [1.82, 2.24) is 4.98 Å². The highest BCUT2D eigenvalue weighted by Gasteiger charge is 2.18. The van der Waals surface area contributed by atoms with Crippen LogP contribution in [0.25, 0.3) is 10.9 Å². The fraction of sp³-hybridized carbons (Fsp3) is 0.167. The Labute approximate surface area is 186 Å². The van der Waals surface area contributed by atoms with Crippen LogP contribution in [0.15, 0.2) is 43.4 Å². The van der Waals surface area contributed by atoms with Crippen LogP contribution in [0.5, 0.6) is 17.4 Å². The summed E-state index contributed by atoms with van der Waals surface area (Å²) in [7, 11) is 1.46. The number of aromatic nitrogens is 1. The molecule has 0 bridgehead atoms. The molecule has 1 aromatic heterocycles. The number of azo groups is 1. The zero-order valence-electron chi connectivity index (χ0n) is 15.6. The molecule has 0 atom stereocenters. The largest absolute Gasteiger partial charge is 0.493 e. The van der Waals surface area contributed by atoms with Crippen LogP contribution in [0.4, 0.5) is 11.4 Å². The molecule has 0 unspecified atom stereocenters. The molecule has 0 saturated heterocycles. The maximum atomic E-state index is 12.1. The highest BCUT2D eigenvalue weighted by atomic mass is 79.9. The predicted molar refractivity (Wildman–Crippen MR) is 115 cm³/mol. The highest BCUT2D eigenvalue weighted by molar-refractivity contribution is 9.11. The smallest absolute Gasteiger partial charge is 0.302 e. The average Bonchev–Trinajstić information content (AvgIpc) is 3.00. The van der Waals surface area contributed by atoms with E-state index in [0.717, 1.165) is 4.47 Å². The zero-order valence-corrected chi connectivity index (χ0v) is 18.8. The number of carbonyl (C=O) groups excluding carboxylic acids is 1. The van der Waals surface area contributed by atoms with Gasteiger partial charge in [0.15, 0.2) is 23.8 Å². The van der Waals surface area contributed by atoms with Crippen molar-refractivity contribution in [3.63, 3.8) is 0 Å². The van der Waals surface area contributed by atoms with Gasteiger partial charge in [0.1, 0.15) is 0 Å². The van der Waals surface area contributed by atoms with Gasteiger partial charge >= 0.3 is 5.91 Å². The quantitative estimate of drug-likeness (QED) is 0.246. The number of methoxy groups -OCH3 is 1. The molecular weight excluding hydrogens is 528 g/mol. The lowest BCUT2D eigenvalue weighted by atomic mass is 10.1. The number of non-ortho nitro benzene ring substituents is 1. The van der Waals surface area contributed by atoms with Gasteiger partial charge in [-0.2, -0.15) is 0 Å². The van der Waals surface area contributed by atoms with E-state index in [1.165, 1.54) is 19.2 Å². The Balaban J connectivity index is 1.83. The number of aryl methyl sites for hydroxylation is 1. The van der Waals surface area contributed by atoms with Crippen LogP contribution < -0.4 is 9.47 Å². The first-order chi connectivity index (χ1) is 14.2. The summed E-state index contributed by atoms with van der Waals surface area (Å²) in [5, 5.41) is 28.8. The number of benzene rings is 2. The van der Waals surface area contributed by atoms with Crippen LogP contribution in [0.1, 0.15) is 5.56 Å². The average molecular weight is 542 g/mol. The molecular formula is C18H14Br2N4O6. The van der Waals surface area contributed by atoms with Crippen LogP contribution in [-0.2, 0) is 4.79 Å². The molecule has 1 heterocycles. The van der Waals surface area contributed by atoms with Gasteiger partial charge in [-0.15, -0.1) is 10.2 Å². The van der Waals surface area contributed by atoms with E-state index >= 15 is 0 Å². The third-order valence-corrected chi connectivity index (χ3v) is 5.10. The molecule has 1 amide bonds. The van der Waals surface area contributed by atoms with E-state index in [4.69, 9.17) is 9.47 Å². The number of nitro benzene ring substituents is 1. The number of hydrogen-bond acceptors (Lipinski definition) is 7. The molecule has 0 spiro atoms. The zero-order chi connectivity index (χ0) is 22.0. The summed E-state index contributed by atoms with van der Waals surface area (Å²) in [5.41, 5.74) is 0.752. The van der Waals surface area contributed by atoms with Gasteiger partial charge in [-0.1, -0.05) is 15.9 Å². The van der Waals surface area contributed by atoms with Gasteiger partial charge in [-0.05, 0) is 40.5 Å². The number of nitrogens with one attached hydrogen (secondary N) is 1. The Hall–Kier alpha value is -2.99. The van der Waals surface area contributed by atoms with Gasteiger partial charge in [-0.25, -0.2) is 0 Å². The fourth-order valence-electron chi connectivity index (χ4n) is 2.73. The van der Waals surface area contributed by atoms with E-state index in [1.807, 2.05) is 0 Å². The maximum absolute atomic E-state index is 12.1. The molecule has 0 fully saturated rings. The number of rotatable bonds is 6. The molecule has 0 aliphatic carbocycles. The van der Waals surface area contributed by atoms with Crippen LogP contribution in [0.2, 0.25) is 0 Å². The molecule has 156 valence electrons. The number of amides is 1. The fourth-order valence-corrected chi connectivity index (χ4v) is 4.03. The summed E-state index contributed by atoms with van der Waals surface area (Å²) in [6, 6.07) is 6.01. The molecule has 2 N–H and O–H groups in total. The molecule has 0 aliphatic rings. The van der Waals surface area contributed by atoms with Crippen LogP contribution in [-0.4, -0.2) is 34.6 Å². The van der Waals surface area contributed by atoms with Crippen LogP contribution >= 0.6 is 31.9 Å². The minimum Gasteiger partial charge on any atom is -0.493 e. The summed E-state index contributed by atoms with van der Waals surface area (Å²) in [4.78, 5) is 25.3. The minimum absolute atomic E-state index is 0.0763. The van der Waals surface area contributed by atoms with Gasteiger partial charge in [0.05, 0.1) is 22.0 Å². The number of carbonyl (C=O) groups is 1. The molecule has 0 radical (unpaired) electrons. The first-order valence-corrected chi connectivity index (χ1v) is 9.90. The number of nitro groups is 1. The Bertz CT molecular complexity index is 1190. The third-order valence-electron chi connectivity index (χ3n) is 4.05. The molecule has 3 rings (SSSR count). The lowest BCUT2D eigenvalue weighted by Crippen LogP contribution is -2.09. The number of aromatic amines is 1. The van der Waals surface area contributed by atoms with E-state index in [2.05, 4.69) is 47.1 Å².